The van der Waals surface area contributed by atoms with Crippen LogP contribution in [0, 0.1) is 5.92 Å². The second-order valence-corrected chi connectivity index (χ2v) is 5.94. The summed E-state index contributed by atoms with van der Waals surface area (Å²) in [5.74, 6) is 0.392. The molecular weight excluding hydrogens is 260 g/mol. The zero-order valence-electron chi connectivity index (χ0n) is 11.9. The minimum Gasteiger partial charge on any atom is -0.376 e. The first-order chi connectivity index (χ1) is 10.3. The van der Waals surface area contributed by atoms with Crippen LogP contribution in [0.25, 0.3) is 0 Å². The monoisotopic (exact) mass is 278 g/mol. The standard InChI is InChI=1S/C19H18O2/c20-17-16-12-7-13-21-18(16)19(17,14-8-3-1-4-9-14)15-10-5-2-6-11-15/h1-6,8-11,16,18H,7,12-13H2/t16-,18+/m1/s1. The normalized spacial score (nSPS) is 26.8. The van der Waals surface area contributed by atoms with Gasteiger partial charge in [-0.15, -0.1) is 0 Å². The summed E-state index contributed by atoms with van der Waals surface area (Å²) < 4.78 is 6.05. The zero-order valence-corrected chi connectivity index (χ0v) is 11.9. The first-order valence-corrected chi connectivity index (χ1v) is 7.62. The molecule has 2 aromatic carbocycles. The Bertz CT molecular complexity index is 608. The molecule has 0 N–H and O–H groups in total. The first kappa shape index (κ1) is 12.8. The lowest BCUT2D eigenvalue weighted by molar-refractivity contribution is -0.169. The number of benzene rings is 2. The highest BCUT2D eigenvalue weighted by Crippen LogP contribution is 2.53. The van der Waals surface area contributed by atoms with E-state index < -0.39 is 5.41 Å². The molecule has 2 aromatic rings. The second kappa shape index (κ2) is 4.81. The van der Waals surface area contributed by atoms with E-state index in [4.69, 9.17) is 4.74 Å². The highest BCUT2D eigenvalue weighted by molar-refractivity contribution is 6.03. The highest BCUT2D eigenvalue weighted by atomic mass is 16.5. The molecule has 21 heavy (non-hydrogen) atoms. The SMILES string of the molecule is O=C1[C@H]2CCCO[C@@H]2C1(c1ccccc1)c1ccccc1. The van der Waals surface area contributed by atoms with Gasteiger partial charge in [0.2, 0.25) is 0 Å². The predicted octanol–water partition coefficient (Wildman–Crippen LogP) is 3.35. The number of carbonyl (C=O) groups excluding carboxylic acids is 1. The average Bonchev–Trinajstić information content (AvgIpc) is 2.57. The topological polar surface area (TPSA) is 26.3 Å². The Morgan fingerprint density at radius 3 is 2.05 bits per heavy atom. The van der Waals surface area contributed by atoms with E-state index >= 15 is 0 Å². The molecule has 0 aromatic heterocycles. The van der Waals surface area contributed by atoms with Gasteiger partial charge in [0.05, 0.1) is 6.10 Å². The summed E-state index contributed by atoms with van der Waals surface area (Å²) in [5, 5.41) is 0. The summed E-state index contributed by atoms with van der Waals surface area (Å²) in [5.41, 5.74) is 1.52. The number of ether oxygens (including phenoxy) is 1. The molecule has 0 spiro atoms. The molecule has 1 aliphatic heterocycles. The second-order valence-electron chi connectivity index (χ2n) is 5.94. The number of hydrogen-bond acceptors (Lipinski definition) is 2. The molecular formula is C19H18O2. The van der Waals surface area contributed by atoms with Crippen LogP contribution in [0.3, 0.4) is 0 Å². The average molecular weight is 278 g/mol. The van der Waals surface area contributed by atoms with Crippen molar-refractivity contribution in [3.05, 3.63) is 71.8 Å². The first-order valence-electron chi connectivity index (χ1n) is 7.62. The van der Waals surface area contributed by atoms with Gasteiger partial charge in [-0.3, -0.25) is 4.79 Å². The maximum absolute atomic E-state index is 13.0. The number of carbonyl (C=O) groups is 1. The molecule has 106 valence electrons. The minimum absolute atomic E-state index is 0.0106. The van der Waals surface area contributed by atoms with Crippen molar-refractivity contribution in [1.82, 2.24) is 0 Å². The van der Waals surface area contributed by atoms with Crippen LogP contribution in [-0.2, 0) is 14.9 Å². The minimum atomic E-state index is -0.604. The Morgan fingerprint density at radius 1 is 0.905 bits per heavy atom. The summed E-state index contributed by atoms with van der Waals surface area (Å²) >= 11 is 0. The molecule has 0 radical (unpaired) electrons. The van der Waals surface area contributed by atoms with Crippen LogP contribution in [0.5, 0.6) is 0 Å². The molecule has 4 rings (SSSR count). The van der Waals surface area contributed by atoms with Gasteiger partial charge in [0.15, 0.2) is 5.78 Å². The predicted molar refractivity (Wildman–Crippen MR) is 81.1 cm³/mol. The van der Waals surface area contributed by atoms with Crippen LogP contribution in [0.2, 0.25) is 0 Å². The number of rotatable bonds is 2. The molecule has 0 amide bonds. The van der Waals surface area contributed by atoms with Gasteiger partial charge in [-0.1, -0.05) is 60.7 Å². The Kier molecular flexibility index (Phi) is 2.93. The third kappa shape index (κ3) is 1.66. The van der Waals surface area contributed by atoms with E-state index in [0.717, 1.165) is 30.6 Å². The van der Waals surface area contributed by atoms with Gasteiger partial charge >= 0.3 is 0 Å². The number of hydrogen-bond donors (Lipinski definition) is 0. The van der Waals surface area contributed by atoms with Crippen molar-refractivity contribution >= 4 is 5.78 Å². The molecule has 1 heterocycles. The fourth-order valence-corrected chi connectivity index (χ4v) is 3.99. The van der Waals surface area contributed by atoms with Crippen molar-refractivity contribution in [1.29, 1.82) is 0 Å². The van der Waals surface area contributed by atoms with E-state index in [1.165, 1.54) is 0 Å². The Hall–Kier alpha value is -1.93. The van der Waals surface area contributed by atoms with Gasteiger partial charge < -0.3 is 4.74 Å². The third-order valence-corrected chi connectivity index (χ3v) is 4.93. The molecule has 1 aliphatic carbocycles. The Labute approximate surface area is 124 Å². The van der Waals surface area contributed by atoms with Crippen LogP contribution in [0.15, 0.2) is 60.7 Å². The summed E-state index contributed by atoms with van der Waals surface area (Å²) in [4.78, 5) is 13.0. The van der Waals surface area contributed by atoms with Gasteiger partial charge in [0.25, 0.3) is 0 Å². The largest absolute Gasteiger partial charge is 0.376 e. The molecule has 0 bridgehead atoms. The third-order valence-electron chi connectivity index (χ3n) is 4.93. The summed E-state index contributed by atoms with van der Waals surface area (Å²) in [6, 6.07) is 20.2. The fourth-order valence-electron chi connectivity index (χ4n) is 3.99. The van der Waals surface area contributed by atoms with Gasteiger partial charge in [-0.25, -0.2) is 0 Å². The van der Waals surface area contributed by atoms with E-state index in [-0.39, 0.29) is 12.0 Å². The zero-order chi connectivity index (χ0) is 14.3. The van der Waals surface area contributed by atoms with E-state index in [9.17, 15) is 4.79 Å². The van der Waals surface area contributed by atoms with Gasteiger partial charge in [-0.2, -0.15) is 0 Å². The smallest absolute Gasteiger partial charge is 0.156 e. The van der Waals surface area contributed by atoms with E-state index in [2.05, 4.69) is 24.3 Å². The van der Waals surface area contributed by atoms with Crippen LogP contribution < -0.4 is 0 Å². The van der Waals surface area contributed by atoms with Crippen molar-refractivity contribution in [3.63, 3.8) is 0 Å². The number of Topliss-reactive ketones (excluding diaryl/α,β-unsaturated/α-hetero) is 1. The lowest BCUT2D eigenvalue weighted by Crippen LogP contribution is -2.67. The van der Waals surface area contributed by atoms with Crippen LogP contribution in [0.4, 0.5) is 0 Å². The van der Waals surface area contributed by atoms with E-state index in [1.807, 2.05) is 36.4 Å². The molecule has 2 heteroatoms. The summed E-state index contributed by atoms with van der Waals surface area (Å²) in [7, 11) is 0. The lowest BCUT2D eigenvalue weighted by Gasteiger charge is -2.55. The lowest BCUT2D eigenvalue weighted by atomic mass is 9.50. The van der Waals surface area contributed by atoms with Crippen molar-refractivity contribution < 1.29 is 9.53 Å². The maximum Gasteiger partial charge on any atom is 0.156 e. The van der Waals surface area contributed by atoms with E-state index in [1.54, 1.807) is 0 Å². The molecule has 0 unspecified atom stereocenters. The van der Waals surface area contributed by atoms with E-state index in [0.29, 0.717) is 5.78 Å². The molecule has 2 nitrogen and oxygen atoms in total. The van der Waals surface area contributed by atoms with Gasteiger partial charge in [0.1, 0.15) is 5.41 Å². The Balaban J connectivity index is 1.90. The van der Waals surface area contributed by atoms with Gasteiger partial charge in [0, 0.05) is 12.5 Å². The van der Waals surface area contributed by atoms with Gasteiger partial charge in [-0.05, 0) is 24.0 Å². The summed E-state index contributed by atoms with van der Waals surface area (Å²) in [6.45, 7) is 0.760. The molecule has 1 saturated heterocycles. The van der Waals surface area contributed by atoms with Crippen molar-refractivity contribution in [3.8, 4) is 0 Å². The molecule has 2 aliphatic rings. The van der Waals surface area contributed by atoms with Crippen LogP contribution in [0.1, 0.15) is 24.0 Å². The summed E-state index contributed by atoms with van der Waals surface area (Å²) in [6.07, 6.45) is 1.95. The van der Waals surface area contributed by atoms with Crippen LogP contribution >= 0.6 is 0 Å². The van der Waals surface area contributed by atoms with Crippen molar-refractivity contribution in [2.75, 3.05) is 6.61 Å². The quantitative estimate of drug-likeness (QED) is 0.842. The number of fused-ring (bicyclic) bond motifs is 1. The number of ketones is 1. The maximum atomic E-state index is 13.0. The van der Waals surface area contributed by atoms with Crippen molar-refractivity contribution in [2.45, 2.75) is 24.4 Å². The highest BCUT2D eigenvalue weighted by Gasteiger charge is 2.64. The molecule has 2 atom stereocenters. The molecule has 1 saturated carbocycles. The van der Waals surface area contributed by atoms with Crippen molar-refractivity contribution in [2.24, 2.45) is 5.92 Å². The molecule has 2 fully saturated rings. The van der Waals surface area contributed by atoms with Crippen LogP contribution in [-0.4, -0.2) is 18.5 Å². The fraction of sp³-hybridized carbons (Fsp3) is 0.316. The Morgan fingerprint density at radius 2 is 1.48 bits per heavy atom.